The SMILES string of the molecule is CC(=O)CCc1ccc(OC[C@@H](O)Cn2nc(C(N)=O)c3ccccc3c2=O)cc1. The van der Waals surface area contributed by atoms with E-state index >= 15 is 0 Å². The van der Waals surface area contributed by atoms with E-state index in [9.17, 15) is 19.5 Å². The number of primary amides is 1. The molecule has 0 radical (unpaired) electrons. The quantitative estimate of drug-likeness (QED) is 0.551. The number of nitrogens with two attached hydrogens (primary N) is 1. The molecule has 0 aliphatic carbocycles. The number of aliphatic hydroxyl groups excluding tert-OH is 1. The third-order valence-corrected chi connectivity index (χ3v) is 4.62. The van der Waals surface area contributed by atoms with Gasteiger partial charge in [-0.25, -0.2) is 4.68 Å². The number of carbonyl (C=O) groups is 2. The van der Waals surface area contributed by atoms with Gasteiger partial charge in [-0.1, -0.05) is 30.3 Å². The Morgan fingerprint density at radius 3 is 2.43 bits per heavy atom. The normalized spacial score (nSPS) is 11.9. The van der Waals surface area contributed by atoms with Crippen LogP contribution in [0.4, 0.5) is 0 Å². The first-order chi connectivity index (χ1) is 14.3. The van der Waals surface area contributed by atoms with Crippen molar-refractivity contribution >= 4 is 22.5 Å². The van der Waals surface area contributed by atoms with Crippen LogP contribution in [0.2, 0.25) is 0 Å². The van der Waals surface area contributed by atoms with Crippen LogP contribution in [-0.2, 0) is 17.8 Å². The Morgan fingerprint density at radius 1 is 1.13 bits per heavy atom. The van der Waals surface area contributed by atoms with Crippen LogP contribution in [0.1, 0.15) is 29.4 Å². The molecule has 1 heterocycles. The minimum atomic E-state index is -1.03. The molecule has 0 aliphatic heterocycles. The van der Waals surface area contributed by atoms with Gasteiger partial charge in [0.25, 0.3) is 11.5 Å². The lowest BCUT2D eigenvalue weighted by Crippen LogP contribution is -2.34. The molecule has 156 valence electrons. The van der Waals surface area contributed by atoms with Gasteiger partial charge in [-0.3, -0.25) is 9.59 Å². The molecule has 0 saturated heterocycles. The van der Waals surface area contributed by atoms with E-state index in [1.165, 1.54) is 0 Å². The number of amides is 1. The molecule has 0 aliphatic rings. The van der Waals surface area contributed by atoms with Gasteiger partial charge in [0, 0.05) is 11.8 Å². The van der Waals surface area contributed by atoms with Crippen LogP contribution >= 0.6 is 0 Å². The molecule has 0 saturated carbocycles. The molecule has 0 bridgehead atoms. The Balaban J connectivity index is 1.68. The molecule has 1 aromatic heterocycles. The first-order valence-electron chi connectivity index (χ1n) is 9.54. The second-order valence-electron chi connectivity index (χ2n) is 7.06. The zero-order chi connectivity index (χ0) is 21.7. The van der Waals surface area contributed by atoms with Crippen molar-refractivity contribution in [1.82, 2.24) is 9.78 Å². The summed E-state index contributed by atoms with van der Waals surface area (Å²) >= 11 is 0. The maximum atomic E-state index is 12.6. The third kappa shape index (κ3) is 5.09. The van der Waals surface area contributed by atoms with E-state index in [4.69, 9.17) is 10.5 Å². The number of rotatable bonds is 9. The number of nitrogens with zero attached hydrogens (tertiary/aromatic N) is 2. The summed E-state index contributed by atoms with van der Waals surface area (Å²) in [7, 11) is 0. The summed E-state index contributed by atoms with van der Waals surface area (Å²) in [4.78, 5) is 35.4. The molecule has 8 heteroatoms. The Hall–Kier alpha value is -3.52. The molecule has 3 rings (SSSR count). The summed E-state index contributed by atoms with van der Waals surface area (Å²) in [6.45, 7) is 1.33. The molecule has 0 unspecified atom stereocenters. The zero-order valence-electron chi connectivity index (χ0n) is 16.6. The van der Waals surface area contributed by atoms with Gasteiger partial charge in [-0.05, 0) is 37.1 Å². The van der Waals surface area contributed by atoms with E-state index in [-0.39, 0.29) is 24.6 Å². The second-order valence-corrected chi connectivity index (χ2v) is 7.06. The Morgan fingerprint density at radius 2 is 1.80 bits per heavy atom. The van der Waals surface area contributed by atoms with Crippen molar-refractivity contribution < 1.29 is 19.4 Å². The molecule has 2 aromatic carbocycles. The minimum Gasteiger partial charge on any atom is -0.491 e. The van der Waals surface area contributed by atoms with Crippen molar-refractivity contribution in [1.29, 1.82) is 0 Å². The van der Waals surface area contributed by atoms with Crippen LogP contribution in [0.15, 0.2) is 53.3 Å². The van der Waals surface area contributed by atoms with E-state index in [1.807, 2.05) is 12.1 Å². The van der Waals surface area contributed by atoms with Crippen LogP contribution in [-0.4, -0.2) is 39.3 Å². The molecule has 3 N–H and O–H groups in total. The fourth-order valence-electron chi connectivity index (χ4n) is 3.06. The van der Waals surface area contributed by atoms with Gasteiger partial charge < -0.3 is 20.4 Å². The summed E-state index contributed by atoms with van der Waals surface area (Å²) in [5, 5.41) is 15.0. The van der Waals surface area contributed by atoms with E-state index in [0.717, 1.165) is 10.2 Å². The van der Waals surface area contributed by atoms with Crippen LogP contribution in [0.25, 0.3) is 10.8 Å². The van der Waals surface area contributed by atoms with Gasteiger partial charge in [0.1, 0.15) is 24.2 Å². The van der Waals surface area contributed by atoms with E-state index in [0.29, 0.717) is 29.4 Å². The topological polar surface area (TPSA) is 125 Å². The van der Waals surface area contributed by atoms with Crippen molar-refractivity contribution in [2.75, 3.05) is 6.61 Å². The number of ether oxygens (including phenoxy) is 1. The standard InChI is InChI=1S/C22H23N3O5/c1-14(26)6-7-15-8-10-17(11-9-15)30-13-16(27)12-25-22(29)19-5-3-2-4-18(19)20(24-25)21(23)28/h2-5,8-11,16,27H,6-7,12-13H2,1H3,(H2,23,28)/t16-/m0/s1. The summed E-state index contributed by atoms with van der Waals surface area (Å²) in [5.41, 5.74) is 5.95. The van der Waals surface area contributed by atoms with Gasteiger partial charge >= 0.3 is 0 Å². The van der Waals surface area contributed by atoms with E-state index < -0.39 is 17.6 Å². The lowest BCUT2D eigenvalue weighted by molar-refractivity contribution is -0.116. The van der Waals surface area contributed by atoms with Gasteiger partial charge in [-0.15, -0.1) is 0 Å². The number of aryl methyl sites for hydroxylation is 1. The van der Waals surface area contributed by atoms with Gasteiger partial charge in [0.05, 0.1) is 11.9 Å². The van der Waals surface area contributed by atoms with Crippen molar-refractivity contribution in [3.63, 3.8) is 0 Å². The third-order valence-electron chi connectivity index (χ3n) is 4.62. The van der Waals surface area contributed by atoms with E-state index in [2.05, 4.69) is 5.10 Å². The first-order valence-corrected chi connectivity index (χ1v) is 9.54. The predicted octanol–water partition coefficient (Wildman–Crippen LogP) is 1.46. The summed E-state index contributed by atoms with van der Waals surface area (Å²) in [6.07, 6.45) is 0.117. The average Bonchev–Trinajstić information content (AvgIpc) is 2.73. The number of hydrogen-bond acceptors (Lipinski definition) is 6. The molecule has 30 heavy (non-hydrogen) atoms. The van der Waals surface area contributed by atoms with Crippen LogP contribution in [0.3, 0.4) is 0 Å². The average molecular weight is 409 g/mol. The zero-order valence-corrected chi connectivity index (χ0v) is 16.6. The van der Waals surface area contributed by atoms with Crippen molar-refractivity contribution in [2.24, 2.45) is 5.73 Å². The Labute approximate surface area is 172 Å². The molecule has 0 spiro atoms. The second kappa shape index (κ2) is 9.32. The summed E-state index contributed by atoms with van der Waals surface area (Å²) < 4.78 is 6.60. The summed E-state index contributed by atoms with van der Waals surface area (Å²) in [6, 6.07) is 13.8. The highest BCUT2D eigenvalue weighted by Crippen LogP contribution is 2.15. The highest BCUT2D eigenvalue weighted by molar-refractivity contribution is 6.03. The molecule has 1 atom stereocenters. The van der Waals surface area contributed by atoms with Gasteiger partial charge in [-0.2, -0.15) is 5.10 Å². The van der Waals surface area contributed by atoms with E-state index in [1.54, 1.807) is 43.3 Å². The number of fused-ring (bicyclic) bond motifs is 1. The van der Waals surface area contributed by atoms with Crippen molar-refractivity contribution in [3.05, 3.63) is 70.1 Å². The molecular formula is C22H23N3O5. The highest BCUT2D eigenvalue weighted by atomic mass is 16.5. The molecule has 1 amide bonds. The fourth-order valence-corrected chi connectivity index (χ4v) is 3.06. The molecule has 8 nitrogen and oxygen atoms in total. The molecule has 0 fully saturated rings. The smallest absolute Gasteiger partial charge is 0.274 e. The number of carbonyl (C=O) groups excluding carboxylic acids is 2. The van der Waals surface area contributed by atoms with Crippen LogP contribution in [0.5, 0.6) is 5.75 Å². The lowest BCUT2D eigenvalue weighted by Gasteiger charge is -2.15. The maximum absolute atomic E-state index is 12.6. The summed E-state index contributed by atoms with van der Waals surface area (Å²) in [5.74, 6) is -0.0664. The maximum Gasteiger partial charge on any atom is 0.274 e. The van der Waals surface area contributed by atoms with Crippen LogP contribution < -0.4 is 16.0 Å². The Kier molecular flexibility index (Phi) is 6.58. The highest BCUT2D eigenvalue weighted by Gasteiger charge is 2.16. The minimum absolute atomic E-state index is 0.0283. The fraction of sp³-hybridized carbons (Fsp3) is 0.273. The molecular weight excluding hydrogens is 386 g/mol. The first kappa shape index (κ1) is 21.2. The number of benzene rings is 2. The lowest BCUT2D eigenvalue weighted by atomic mass is 10.1. The van der Waals surface area contributed by atoms with Crippen LogP contribution in [0, 0.1) is 0 Å². The number of Topliss-reactive ketones (excluding diaryl/α,β-unsaturated/α-hetero) is 1. The molecule has 3 aromatic rings. The predicted molar refractivity (Wildman–Crippen MR) is 111 cm³/mol. The largest absolute Gasteiger partial charge is 0.491 e. The number of aromatic nitrogens is 2. The van der Waals surface area contributed by atoms with Crippen molar-refractivity contribution in [2.45, 2.75) is 32.4 Å². The number of ketones is 1. The Bertz CT molecular complexity index is 1120. The van der Waals surface area contributed by atoms with Gasteiger partial charge in [0.2, 0.25) is 0 Å². The number of hydrogen-bond donors (Lipinski definition) is 2. The van der Waals surface area contributed by atoms with Gasteiger partial charge in [0.15, 0.2) is 5.69 Å². The number of aliphatic hydroxyl groups is 1. The monoisotopic (exact) mass is 409 g/mol. The van der Waals surface area contributed by atoms with Crippen molar-refractivity contribution in [3.8, 4) is 5.75 Å².